The average Bonchev–Trinajstić information content (AvgIpc) is 2.87. The van der Waals surface area contributed by atoms with Gasteiger partial charge in [-0.1, -0.05) is 0 Å². The number of rotatable bonds is 29. The predicted octanol–water partition coefficient (Wildman–Crippen LogP) is 11.7. The van der Waals surface area contributed by atoms with Gasteiger partial charge in [0.25, 0.3) is 0 Å². The van der Waals surface area contributed by atoms with E-state index >= 15 is 0 Å². The lowest BCUT2D eigenvalue weighted by atomic mass is 10.9. The van der Waals surface area contributed by atoms with E-state index in [-0.39, 0.29) is 0 Å². The van der Waals surface area contributed by atoms with Crippen molar-refractivity contribution in [2.45, 2.75) is 199 Å². The summed E-state index contributed by atoms with van der Waals surface area (Å²) in [5.74, 6) is 0. The lowest BCUT2D eigenvalue weighted by Crippen LogP contribution is -2.63. The summed E-state index contributed by atoms with van der Waals surface area (Å²) in [5.41, 5.74) is 0. The minimum absolute atomic E-state index is 0.506. The molecule has 0 amide bonds. The minimum Gasteiger partial charge on any atom is -0.456 e. The van der Waals surface area contributed by atoms with Crippen LogP contribution >= 0.6 is 0 Å². The van der Waals surface area contributed by atoms with Gasteiger partial charge in [-0.3, -0.25) is 0 Å². The van der Waals surface area contributed by atoms with Gasteiger partial charge in [0.05, 0.1) is 0 Å². The van der Waals surface area contributed by atoms with E-state index in [0.717, 1.165) is 48.4 Å². The van der Waals surface area contributed by atoms with Crippen LogP contribution in [-0.2, 0) is 37.3 Å². The van der Waals surface area contributed by atoms with E-state index in [2.05, 4.69) is 151 Å². The van der Waals surface area contributed by atoms with E-state index < -0.39 is 92.5 Å². The number of hydrogen-bond acceptors (Lipinski definition) is 9. The van der Waals surface area contributed by atoms with Crippen molar-refractivity contribution in [2.75, 3.05) is 7.11 Å². The van der Waals surface area contributed by atoms with Crippen molar-refractivity contribution in [3.8, 4) is 0 Å². The molecule has 0 rings (SSSR count). The predicted molar refractivity (Wildman–Crippen MR) is 264 cm³/mol. The van der Waals surface area contributed by atoms with Crippen molar-refractivity contribution in [1.82, 2.24) is 0 Å². The van der Waals surface area contributed by atoms with Crippen molar-refractivity contribution >= 4 is 112 Å². The molecule has 322 valence electrons. The zero-order valence-electron chi connectivity index (χ0n) is 39.8. The average molecular weight is 982 g/mol. The Morgan fingerprint density at radius 2 is 0.556 bits per heavy atom. The first-order valence-electron chi connectivity index (χ1n) is 20.2. The molecule has 9 nitrogen and oxygen atoms in total. The molecule has 0 bridgehead atoms. The van der Waals surface area contributed by atoms with Crippen molar-refractivity contribution in [1.29, 1.82) is 0 Å². The largest absolute Gasteiger partial charge is 0.469 e. The fourth-order valence-electron chi connectivity index (χ4n) is 5.50. The highest BCUT2D eigenvalue weighted by atomic mass is 28.5. The van der Waals surface area contributed by atoms with Gasteiger partial charge < -0.3 is 37.3 Å². The Morgan fingerprint density at radius 3 is 0.815 bits per heavy atom. The standard InChI is InChI=1S/C32H88O9Si13/c1-33-49(17,18)29-31-54(39-50(19,20)27-25-42-34-44(2,3)4,40-51(21,22)28-26-43-35-45(5,6)7)41-52(23,24)30-32-53(36-46(8,9)10,37-47(11,12)13)38-48(14,15)16/h25-32H2,1-24H3. The van der Waals surface area contributed by atoms with Gasteiger partial charge in [0, 0.05) is 19.2 Å². The zero-order chi connectivity index (χ0) is 42.9. The summed E-state index contributed by atoms with van der Waals surface area (Å²) in [7, 11) is -21.6. The molecule has 0 saturated heterocycles. The summed E-state index contributed by atoms with van der Waals surface area (Å²) in [6, 6.07) is 7.44. The van der Waals surface area contributed by atoms with E-state index in [0.29, 0.717) is 19.5 Å². The van der Waals surface area contributed by atoms with Gasteiger partial charge in [-0.15, -0.1) is 0 Å². The van der Waals surface area contributed by atoms with E-state index in [1.54, 1.807) is 0 Å². The molecule has 0 saturated carbocycles. The van der Waals surface area contributed by atoms with Crippen molar-refractivity contribution in [3.63, 3.8) is 0 Å². The molecule has 0 aromatic heterocycles. The fraction of sp³-hybridized carbons (Fsp3) is 1.00. The summed E-state index contributed by atoms with van der Waals surface area (Å²) in [6.45, 7) is 52.8. The summed E-state index contributed by atoms with van der Waals surface area (Å²) in [6.07, 6.45) is 0. The van der Waals surface area contributed by atoms with Crippen molar-refractivity contribution in [3.05, 3.63) is 0 Å². The molecular formula is C32H88O9Si13. The lowest BCUT2D eigenvalue weighted by Gasteiger charge is -2.47. The van der Waals surface area contributed by atoms with Gasteiger partial charge in [-0.05, 0) is 187 Å². The lowest BCUT2D eigenvalue weighted by molar-refractivity contribution is 0.241. The maximum Gasteiger partial charge on any atom is 0.469 e. The molecule has 22 heteroatoms. The molecule has 54 heavy (non-hydrogen) atoms. The summed E-state index contributed by atoms with van der Waals surface area (Å²) >= 11 is 0. The Hall–Kier alpha value is 2.46. The van der Waals surface area contributed by atoms with Gasteiger partial charge >= 0.3 is 17.6 Å². The first-order valence-corrected chi connectivity index (χ1v) is 55.8. The van der Waals surface area contributed by atoms with Crippen LogP contribution in [0, 0.1) is 0 Å². The Bertz CT molecular complexity index is 1020. The molecule has 0 aliphatic carbocycles. The fourth-order valence-corrected chi connectivity index (χ4v) is 51.1. The quantitative estimate of drug-likeness (QED) is 0.0537. The topological polar surface area (TPSA) is 83.1 Å². The summed E-state index contributed by atoms with van der Waals surface area (Å²) < 4.78 is 63.3. The van der Waals surface area contributed by atoms with Crippen molar-refractivity contribution in [2.24, 2.45) is 0 Å². The molecule has 0 unspecified atom stereocenters. The van der Waals surface area contributed by atoms with Crippen LogP contribution in [-0.4, -0.2) is 119 Å². The number of hydrogen-bond donors (Lipinski definition) is 0. The Balaban J connectivity index is 7.11. The summed E-state index contributed by atoms with van der Waals surface area (Å²) in [4.78, 5) is 0. The van der Waals surface area contributed by atoms with Crippen molar-refractivity contribution < 1.29 is 37.3 Å². The molecule has 0 N–H and O–H groups in total. The van der Waals surface area contributed by atoms with Gasteiger partial charge in [0.2, 0.25) is 19.5 Å². The first-order chi connectivity index (χ1) is 23.6. The maximum atomic E-state index is 7.76. The summed E-state index contributed by atoms with van der Waals surface area (Å²) in [5, 5.41) is 0. The van der Waals surface area contributed by atoms with E-state index in [4.69, 9.17) is 37.3 Å². The van der Waals surface area contributed by atoms with Crippen LogP contribution in [0.15, 0.2) is 0 Å². The van der Waals surface area contributed by atoms with E-state index in [9.17, 15) is 0 Å². The van der Waals surface area contributed by atoms with E-state index in [1.165, 1.54) is 0 Å². The third kappa shape index (κ3) is 28.8. The normalized spacial score (nSPS) is 15.3. The molecular weight excluding hydrogens is 893 g/mol. The third-order valence-corrected chi connectivity index (χ3v) is 46.8. The van der Waals surface area contributed by atoms with Crippen LogP contribution < -0.4 is 0 Å². The molecule has 0 spiro atoms. The smallest absolute Gasteiger partial charge is 0.456 e. The van der Waals surface area contributed by atoms with Gasteiger partial charge in [0.1, 0.15) is 0 Å². The van der Waals surface area contributed by atoms with Crippen LogP contribution in [0.2, 0.25) is 199 Å². The minimum atomic E-state index is -3.26. The molecule has 4 radical (unpaired) electrons. The van der Waals surface area contributed by atoms with Gasteiger partial charge in [-0.2, -0.15) is 0 Å². The third-order valence-electron chi connectivity index (χ3n) is 7.71. The molecule has 0 aromatic carbocycles. The second-order valence-electron chi connectivity index (χ2n) is 22.3. The Labute approximate surface area is 353 Å². The maximum absolute atomic E-state index is 7.76. The zero-order valence-corrected chi connectivity index (χ0v) is 52.8. The molecule has 0 fully saturated rings. The second kappa shape index (κ2) is 21.5. The SMILES string of the molecule is CO[Si](C)(C)CC[Si](O[Si](C)(C)CC[Si]O[Si](C)(C)C)(O[Si](C)(C)CC[Si]O[Si](C)(C)C)O[Si](C)(C)CC[Si](O[Si](C)(C)C)(O[Si](C)(C)C)O[Si](C)(C)C. The Kier molecular flexibility index (Phi) is 22.5. The van der Waals surface area contributed by atoms with E-state index in [1.807, 2.05) is 7.11 Å². The van der Waals surface area contributed by atoms with Crippen LogP contribution in [0.5, 0.6) is 0 Å². The van der Waals surface area contributed by atoms with Crippen LogP contribution in [0.25, 0.3) is 0 Å². The highest BCUT2D eigenvalue weighted by Gasteiger charge is 2.55. The highest BCUT2D eigenvalue weighted by molar-refractivity contribution is 6.93. The molecule has 0 aliphatic heterocycles. The van der Waals surface area contributed by atoms with Crippen LogP contribution in [0.4, 0.5) is 0 Å². The van der Waals surface area contributed by atoms with Crippen LogP contribution in [0.1, 0.15) is 0 Å². The molecule has 0 heterocycles. The molecule has 0 aromatic rings. The monoisotopic (exact) mass is 980 g/mol. The van der Waals surface area contributed by atoms with Gasteiger partial charge in [-0.25, -0.2) is 0 Å². The molecule has 0 aliphatic rings. The first kappa shape index (κ1) is 56.5. The van der Waals surface area contributed by atoms with Crippen LogP contribution in [0.3, 0.4) is 0 Å². The molecule has 0 atom stereocenters. The van der Waals surface area contributed by atoms with Gasteiger partial charge in [0.15, 0.2) is 74.9 Å². The Morgan fingerprint density at radius 1 is 0.296 bits per heavy atom. The highest BCUT2D eigenvalue weighted by Crippen LogP contribution is 2.38. The second-order valence-corrected chi connectivity index (χ2v) is 71.7.